The lowest BCUT2D eigenvalue weighted by Crippen LogP contribution is -2.31. The molecule has 1 atom stereocenters. The highest BCUT2D eigenvalue weighted by molar-refractivity contribution is 5.81. The molecule has 0 saturated carbocycles. The van der Waals surface area contributed by atoms with E-state index in [-0.39, 0.29) is 12.0 Å². The van der Waals surface area contributed by atoms with Gasteiger partial charge in [0.05, 0.1) is 6.61 Å². The van der Waals surface area contributed by atoms with Crippen LogP contribution in [0.4, 0.5) is 0 Å². The Kier molecular flexibility index (Phi) is 7.24. The fraction of sp³-hybridized carbons (Fsp3) is 0.286. The van der Waals surface area contributed by atoms with Crippen LogP contribution in [0.2, 0.25) is 0 Å². The van der Waals surface area contributed by atoms with Gasteiger partial charge in [-0.1, -0.05) is 66.7 Å². The second kappa shape index (κ2) is 9.68. The smallest absolute Gasteiger partial charge is 0.330 e. The maximum Gasteiger partial charge on any atom is 0.330 e. The van der Waals surface area contributed by atoms with Crippen LogP contribution in [0.3, 0.4) is 0 Å². The van der Waals surface area contributed by atoms with E-state index in [1.54, 1.807) is 0 Å². The molecule has 0 amide bonds. The van der Waals surface area contributed by atoms with Crippen molar-refractivity contribution in [2.45, 2.75) is 33.0 Å². The Morgan fingerprint density at radius 1 is 1.00 bits per heavy atom. The maximum absolute atomic E-state index is 11.6. The van der Waals surface area contributed by atoms with Crippen molar-refractivity contribution >= 4 is 5.97 Å². The van der Waals surface area contributed by atoms with E-state index in [1.165, 1.54) is 17.2 Å². The number of ether oxygens (including phenoxy) is 1. The van der Waals surface area contributed by atoms with E-state index >= 15 is 0 Å². The second-order valence-electron chi connectivity index (χ2n) is 5.73. The molecule has 0 radical (unpaired) electrons. The van der Waals surface area contributed by atoms with Crippen LogP contribution in [0.25, 0.3) is 0 Å². The average molecular weight is 323 g/mol. The van der Waals surface area contributed by atoms with E-state index in [4.69, 9.17) is 4.74 Å². The number of nitrogens with zero attached hydrogens (tertiary/aromatic N) is 1. The molecule has 0 aliphatic heterocycles. The fourth-order valence-corrected chi connectivity index (χ4v) is 2.51. The normalized spacial score (nSPS) is 12.5. The molecule has 3 nitrogen and oxygen atoms in total. The first-order valence-electron chi connectivity index (χ1n) is 8.36. The number of rotatable bonds is 8. The van der Waals surface area contributed by atoms with Crippen LogP contribution in [0.1, 0.15) is 25.0 Å². The minimum absolute atomic E-state index is 0.120. The van der Waals surface area contributed by atoms with Gasteiger partial charge in [0, 0.05) is 25.2 Å². The van der Waals surface area contributed by atoms with Crippen LogP contribution in [-0.4, -0.2) is 23.5 Å². The Hall–Kier alpha value is -2.39. The van der Waals surface area contributed by atoms with Gasteiger partial charge in [-0.15, -0.1) is 0 Å². The molecule has 0 aromatic heterocycles. The topological polar surface area (TPSA) is 29.5 Å². The van der Waals surface area contributed by atoms with Gasteiger partial charge >= 0.3 is 5.97 Å². The molecule has 0 aliphatic carbocycles. The van der Waals surface area contributed by atoms with Crippen LogP contribution >= 0.6 is 0 Å². The maximum atomic E-state index is 11.6. The predicted molar refractivity (Wildman–Crippen MR) is 97.4 cm³/mol. The average Bonchev–Trinajstić information content (AvgIpc) is 2.61. The summed E-state index contributed by atoms with van der Waals surface area (Å²) >= 11 is 0. The van der Waals surface area contributed by atoms with Gasteiger partial charge in [0.15, 0.2) is 0 Å². The van der Waals surface area contributed by atoms with Gasteiger partial charge in [0.2, 0.25) is 0 Å². The summed E-state index contributed by atoms with van der Waals surface area (Å²) < 4.78 is 4.96. The molecule has 0 fully saturated rings. The second-order valence-corrected chi connectivity index (χ2v) is 5.73. The van der Waals surface area contributed by atoms with Gasteiger partial charge in [-0.25, -0.2) is 4.79 Å². The third kappa shape index (κ3) is 6.01. The van der Waals surface area contributed by atoms with Gasteiger partial charge in [0.1, 0.15) is 0 Å². The van der Waals surface area contributed by atoms with E-state index in [0.717, 1.165) is 13.1 Å². The number of benzene rings is 2. The molecule has 3 heteroatoms. The first kappa shape index (κ1) is 18.0. The largest absolute Gasteiger partial charge is 0.463 e. The van der Waals surface area contributed by atoms with Crippen LogP contribution in [0, 0.1) is 0 Å². The molecule has 2 aromatic rings. The zero-order valence-electron chi connectivity index (χ0n) is 14.4. The highest BCUT2D eigenvalue weighted by atomic mass is 16.5. The number of esters is 1. The highest BCUT2D eigenvalue weighted by Crippen LogP contribution is 2.14. The standard InChI is InChI=1S/C21H25NO2/c1-3-24-21(23)15-14-18(2)22(16-19-10-6-4-7-11-19)17-20-12-8-5-9-13-20/h4-15,18H,3,16-17H2,1-2H3/b15-14+/t18-/m0/s1. The van der Waals surface area contributed by atoms with Gasteiger partial charge in [-0.2, -0.15) is 0 Å². The summed E-state index contributed by atoms with van der Waals surface area (Å²) in [6.07, 6.45) is 3.43. The molecule has 2 aromatic carbocycles. The minimum Gasteiger partial charge on any atom is -0.463 e. The fourth-order valence-electron chi connectivity index (χ4n) is 2.51. The highest BCUT2D eigenvalue weighted by Gasteiger charge is 2.13. The molecular formula is C21H25NO2. The van der Waals surface area contributed by atoms with E-state index in [0.29, 0.717) is 6.61 Å². The molecule has 0 aliphatic rings. The first-order chi connectivity index (χ1) is 11.7. The predicted octanol–water partition coefficient (Wildman–Crippen LogP) is 4.20. The van der Waals surface area contributed by atoms with E-state index in [1.807, 2.05) is 25.1 Å². The molecule has 0 heterocycles. The van der Waals surface area contributed by atoms with Gasteiger partial charge in [-0.3, -0.25) is 4.90 Å². The van der Waals surface area contributed by atoms with Crippen molar-refractivity contribution in [3.63, 3.8) is 0 Å². The van der Waals surface area contributed by atoms with Crippen molar-refractivity contribution in [3.8, 4) is 0 Å². The SMILES string of the molecule is CCOC(=O)/C=C/[C@H](C)N(Cc1ccccc1)Cc1ccccc1. The molecule has 0 spiro atoms. The lowest BCUT2D eigenvalue weighted by Gasteiger charge is -2.27. The van der Waals surface area contributed by atoms with Crippen molar-refractivity contribution in [2.24, 2.45) is 0 Å². The number of hydrogen-bond donors (Lipinski definition) is 0. The summed E-state index contributed by atoms with van der Waals surface area (Å²) in [6.45, 7) is 5.96. The summed E-state index contributed by atoms with van der Waals surface area (Å²) in [7, 11) is 0. The summed E-state index contributed by atoms with van der Waals surface area (Å²) in [4.78, 5) is 13.9. The lowest BCUT2D eigenvalue weighted by atomic mass is 10.1. The zero-order chi connectivity index (χ0) is 17.2. The Morgan fingerprint density at radius 3 is 1.96 bits per heavy atom. The number of carbonyl (C=O) groups excluding carboxylic acids is 1. The molecule has 0 unspecified atom stereocenters. The quantitative estimate of drug-likeness (QED) is 0.539. The van der Waals surface area contributed by atoms with Gasteiger partial charge in [-0.05, 0) is 25.0 Å². The van der Waals surface area contributed by atoms with Crippen molar-refractivity contribution < 1.29 is 9.53 Å². The summed E-state index contributed by atoms with van der Waals surface area (Å²) in [6, 6.07) is 20.9. The molecule has 24 heavy (non-hydrogen) atoms. The molecule has 0 saturated heterocycles. The Bertz CT molecular complexity index is 596. The molecule has 2 rings (SSSR count). The lowest BCUT2D eigenvalue weighted by molar-refractivity contribution is -0.137. The first-order valence-corrected chi connectivity index (χ1v) is 8.36. The van der Waals surface area contributed by atoms with Crippen LogP contribution < -0.4 is 0 Å². The van der Waals surface area contributed by atoms with Gasteiger partial charge in [0.25, 0.3) is 0 Å². The van der Waals surface area contributed by atoms with E-state index in [2.05, 4.69) is 60.4 Å². The number of hydrogen-bond acceptors (Lipinski definition) is 3. The van der Waals surface area contributed by atoms with Crippen LogP contribution in [0.5, 0.6) is 0 Å². The molecular weight excluding hydrogens is 298 g/mol. The third-order valence-corrected chi connectivity index (χ3v) is 3.83. The summed E-state index contributed by atoms with van der Waals surface area (Å²) in [5, 5.41) is 0. The summed E-state index contributed by atoms with van der Waals surface area (Å²) in [5.74, 6) is -0.288. The minimum atomic E-state index is -0.288. The van der Waals surface area contributed by atoms with Crippen LogP contribution in [-0.2, 0) is 22.6 Å². The Labute approximate surface area is 144 Å². The molecule has 0 N–H and O–H groups in total. The Balaban J connectivity index is 2.10. The van der Waals surface area contributed by atoms with E-state index in [9.17, 15) is 4.79 Å². The van der Waals surface area contributed by atoms with Crippen LogP contribution in [0.15, 0.2) is 72.8 Å². The Morgan fingerprint density at radius 2 is 1.50 bits per heavy atom. The molecule has 0 bridgehead atoms. The van der Waals surface area contributed by atoms with E-state index < -0.39 is 0 Å². The van der Waals surface area contributed by atoms with Crippen molar-refractivity contribution in [1.29, 1.82) is 0 Å². The van der Waals surface area contributed by atoms with Crippen molar-refractivity contribution in [1.82, 2.24) is 4.90 Å². The number of carbonyl (C=O) groups is 1. The van der Waals surface area contributed by atoms with Crippen molar-refractivity contribution in [2.75, 3.05) is 6.61 Å². The monoisotopic (exact) mass is 323 g/mol. The van der Waals surface area contributed by atoms with Crippen molar-refractivity contribution in [3.05, 3.63) is 83.9 Å². The third-order valence-electron chi connectivity index (χ3n) is 3.83. The zero-order valence-corrected chi connectivity index (χ0v) is 14.4. The van der Waals surface area contributed by atoms with Gasteiger partial charge < -0.3 is 4.74 Å². The summed E-state index contributed by atoms with van der Waals surface area (Å²) in [5.41, 5.74) is 2.51. The molecule has 126 valence electrons.